The second kappa shape index (κ2) is 8.72. The smallest absolute Gasteiger partial charge is 0.246 e. The van der Waals surface area contributed by atoms with Gasteiger partial charge in [-0.15, -0.1) is 10.2 Å². The first-order valence-corrected chi connectivity index (χ1v) is 11.2. The first kappa shape index (κ1) is 20.2. The molecule has 0 N–H and O–H groups in total. The van der Waals surface area contributed by atoms with Gasteiger partial charge in [0.25, 0.3) is 0 Å². The molecule has 0 aliphatic carbocycles. The lowest BCUT2D eigenvalue weighted by molar-refractivity contribution is -0.133. The Labute approximate surface area is 175 Å². The first-order chi connectivity index (χ1) is 14.5. The number of piperazine rings is 1. The average Bonchev–Trinajstić information content (AvgIpc) is 3.23. The summed E-state index contributed by atoms with van der Waals surface area (Å²) in [4.78, 5) is 15.5. The summed E-state index contributed by atoms with van der Waals surface area (Å²) in [6.45, 7) is 1.21. The molecule has 9 nitrogen and oxygen atoms in total. The maximum Gasteiger partial charge on any atom is 0.246 e. The number of carbonyl (C=O) groups excluding carboxylic acids is 1. The van der Waals surface area contributed by atoms with Crippen molar-refractivity contribution in [2.24, 2.45) is 0 Å². The fraction of sp³-hybridized carbons (Fsp3) is 0.300. The largest absolute Gasteiger partial charge is 0.338 e. The SMILES string of the molecule is O=C(Cn1nnc(-c2ccccc2)n1)N1CCN(S(=O)(=O)Cc2ccccc2)CC1. The van der Waals surface area contributed by atoms with Crippen LogP contribution in [0.25, 0.3) is 11.4 Å². The zero-order valence-electron chi connectivity index (χ0n) is 16.3. The lowest BCUT2D eigenvalue weighted by atomic mass is 10.2. The highest BCUT2D eigenvalue weighted by atomic mass is 32.2. The molecule has 1 fully saturated rings. The van der Waals surface area contributed by atoms with Crippen molar-refractivity contribution < 1.29 is 13.2 Å². The maximum atomic E-state index is 12.7. The summed E-state index contributed by atoms with van der Waals surface area (Å²) >= 11 is 0. The van der Waals surface area contributed by atoms with Crippen LogP contribution in [-0.2, 0) is 27.1 Å². The van der Waals surface area contributed by atoms with Gasteiger partial charge in [-0.3, -0.25) is 4.79 Å². The molecule has 0 bridgehead atoms. The highest BCUT2D eigenvalue weighted by Crippen LogP contribution is 2.15. The van der Waals surface area contributed by atoms with Crippen molar-refractivity contribution in [3.63, 3.8) is 0 Å². The third kappa shape index (κ3) is 4.71. The molecule has 0 atom stereocenters. The van der Waals surface area contributed by atoms with Gasteiger partial charge in [0.1, 0.15) is 6.54 Å². The van der Waals surface area contributed by atoms with Crippen LogP contribution >= 0.6 is 0 Å². The molecule has 0 radical (unpaired) electrons. The van der Waals surface area contributed by atoms with E-state index in [9.17, 15) is 13.2 Å². The fourth-order valence-corrected chi connectivity index (χ4v) is 4.84. The number of hydrogen-bond donors (Lipinski definition) is 0. The summed E-state index contributed by atoms with van der Waals surface area (Å²) in [6, 6.07) is 18.5. The maximum absolute atomic E-state index is 12.7. The van der Waals surface area contributed by atoms with Gasteiger partial charge in [0, 0.05) is 31.7 Å². The topological polar surface area (TPSA) is 101 Å². The van der Waals surface area contributed by atoms with Gasteiger partial charge in [-0.25, -0.2) is 8.42 Å². The van der Waals surface area contributed by atoms with E-state index in [0.29, 0.717) is 18.9 Å². The Bertz CT molecular complexity index is 1090. The van der Waals surface area contributed by atoms with Gasteiger partial charge in [0.15, 0.2) is 0 Å². The van der Waals surface area contributed by atoms with Gasteiger partial charge >= 0.3 is 0 Å². The number of rotatable bonds is 6. The summed E-state index contributed by atoms with van der Waals surface area (Å²) < 4.78 is 26.7. The number of carbonyl (C=O) groups is 1. The minimum absolute atomic E-state index is 0.0312. The van der Waals surface area contributed by atoms with Crippen LogP contribution in [0, 0.1) is 0 Å². The van der Waals surface area contributed by atoms with Crippen molar-refractivity contribution in [1.82, 2.24) is 29.4 Å². The Hall–Kier alpha value is -3.11. The molecule has 1 aliphatic heterocycles. The third-order valence-electron chi connectivity index (χ3n) is 4.94. The van der Waals surface area contributed by atoms with Gasteiger partial charge in [0.2, 0.25) is 21.8 Å². The summed E-state index contributed by atoms with van der Waals surface area (Å²) in [5.41, 5.74) is 1.58. The highest BCUT2D eigenvalue weighted by Gasteiger charge is 2.29. The predicted octanol–water partition coefficient (Wildman–Crippen LogP) is 1.01. The van der Waals surface area contributed by atoms with Crippen LogP contribution in [-0.4, -0.2) is 69.9 Å². The molecule has 1 saturated heterocycles. The average molecular weight is 427 g/mol. The summed E-state index contributed by atoms with van der Waals surface area (Å²) in [6.07, 6.45) is 0. The minimum Gasteiger partial charge on any atom is -0.338 e. The molecular weight excluding hydrogens is 404 g/mol. The van der Waals surface area contributed by atoms with E-state index in [2.05, 4.69) is 15.4 Å². The number of amides is 1. The summed E-state index contributed by atoms with van der Waals surface area (Å²) in [7, 11) is -3.42. The van der Waals surface area contributed by atoms with Gasteiger partial charge in [0.05, 0.1) is 5.75 Å². The zero-order valence-corrected chi connectivity index (χ0v) is 17.1. The number of benzene rings is 2. The van der Waals surface area contributed by atoms with Crippen molar-refractivity contribution in [3.05, 3.63) is 66.2 Å². The lowest BCUT2D eigenvalue weighted by Crippen LogP contribution is -2.51. The second-order valence-corrected chi connectivity index (χ2v) is 9.00. The van der Waals surface area contributed by atoms with Gasteiger partial charge in [-0.2, -0.15) is 9.10 Å². The zero-order chi connectivity index (χ0) is 21.0. The Morgan fingerprint density at radius 2 is 1.53 bits per heavy atom. The van der Waals surface area contributed by atoms with E-state index in [-0.39, 0.29) is 31.3 Å². The van der Waals surface area contributed by atoms with Crippen LogP contribution in [0.4, 0.5) is 0 Å². The molecule has 2 heterocycles. The standard InChI is InChI=1S/C20H22N6O3S/c27-19(15-26-22-20(21-23-26)18-9-5-2-6-10-18)24-11-13-25(14-12-24)30(28,29)16-17-7-3-1-4-8-17/h1-10H,11-16H2. The monoisotopic (exact) mass is 426 g/mol. The van der Waals surface area contributed by atoms with Crippen LogP contribution < -0.4 is 0 Å². The van der Waals surface area contributed by atoms with Crippen molar-refractivity contribution in [2.45, 2.75) is 12.3 Å². The highest BCUT2D eigenvalue weighted by molar-refractivity contribution is 7.88. The molecule has 3 aromatic rings. The van der Waals surface area contributed by atoms with E-state index in [1.807, 2.05) is 48.5 Å². The van der Waals surface area contributed by atoms with E-state index < -0.39 is 10.0 Å². The third-order valence-corrected chi connectivity index (χ3v) is 6.79. The molecule has 10 heteroatoms. The Morgan fingerprint density at radius 3 is 2.20 bits per heavy atom. The Kier molecular flexibility index (Phi) is 5.86. The fourth-order valence-electron chi connectivity index (χ4n) is 3.33. The van der Waals surface area contributed by atoms with E-state index in [4.69, 9.17) is 0 Å². The van der Waals surface area contributed by atoms with Crippen LogP contribution in [0.5, 0.6) is 0 Å². The quantitative estimate of drug-likeness (QED) is 0.583. The lowest BCUT2D eigenvalue weighted by Gasteiger charge is -2.33. The van der Waals surface area contributed by atoms with E-state index in [0.717, 1.165) is 11.1 Å². The van der Waals surface area contributed by atoms with Crippen LogP contribution in [0.15, 0.2) is 60.7 Å². The molecule has 30 heavy (non-hydrogen) atoms. The van der Waals surface area contributed by atoms with Crippen LogP contribution in [0.1, 0.15) is 5.56 Å². The van der Waals surface area contributed by atoms with E-state index in [1.165, 1.54) is 9.10 Å². The van der Waals surface area contributed by atoms with Crippen LogP contribution in [0.3, 0.4) is 0 Å². The number of tetrazole rings is 1. The molecule has 0 saturated carbocycles. The van der Waals surface area contributed by atoms with Crippen molar-refractivity contribution >= 4 is 15.9 Å². The molecule has 0 unspecified atom stereocenters. The summed E-state index contributed by atoms with van der Waals surface area (Å²) in [5, 5.41) is 12.2. The number of sulfonamides is 1. The molecule has 2 aromatic carbocycles. The molecule has 4 rings (SSSR count). The second-order valence-electron chi connectivity index (χ2n) is 7.03. The van der Waals surface area contributed by atoms with Crippen molar-refractivity contribution in [3.8, 4) is 11.4 Å². The molecule has 1 aliphatic rings. The minimum atomic E-state index is -3.42. The first-order valence-electron chi connectivity index (χ1n) is 9.64. The Morgan fingerprint density at radius 1 is 0.900 bits per heavy atom. The number of aromatic nitrogens is 4. The number of nitrogens with zero attached hydrogens (tertiary/aromatic N) is 6. The molecule has 0 spiro atoms. The molecular formula is C20H22N6O3S. The normalized spacial score (nSPS) is 15.3. The Balaban J connectivity index is 1.32. The van der Waals surface area contributed by atoms with Crippen molar-refractivity contribution in [1.29, 1.82) is 0 Å². The molecule has 1 aromatic heterocycles. The van der Waals surface area contributed by atoms with E-state index >= 15 is 0 Å². The van der Waals surface area contributed by atoms with Crippen molar-refractivity contribution in [2.75, 3.05) is 26.2 Å². The van der Waals surface area contributed by atoms with Crippen LogP contribution in [0.2, 0.25) is 0 Å². The molecule has 1 amide bonds. The van der Waals surface area contributed by atoms with E-state index in [1.54, 1.807) is 17.0 Å². The molecule has 156 valence electrons. The van der Waals surface area contributed by atoms with Gasteiger partial charge in [-0.05, 0) is 10.8 Å². The van der Waals surface area contributed by atoms with Gasteiger partial charge < -0.3 is 4.90 Å². The van der Waals surface area contributed by atoms with Gasteiger partial charge in [-0.1, -0.05) is 60.7 Å². The number of hydrogen-bond acceptors (Lipinski definition) is 6. The predicted molar refractivity (Wildman–Crippen MR) is 110 cm³/mol. The summed E-state index contributed by atoms with van der Waals surface area (Å²) in [5.74, 6) is 0.264.